The number of nitrogens with two attached hydrogens (primary N) is 1. The zero-order valence-electron chi connectivity index (χ0n) is 18.5. The minimum absolute atomic E-state index is 0.262. The number of aromatic nitrogens is 3. The third kappa shape index (κ3) is 4.07. The summed E-state index contributed by atoms with van der Waals surface area (Å²) in [6, 6.07) is 15.3. The summed E-state index contributed by atoms with van der Waals surface area (Å²) in [5, 5.41) is 0.692. The van der Waals surface area contributed by atoms with E-state index in [2.05, 4.69) is 19.3 Å². The number of ether oxygens (including phenoxy) is 1. The van der Waals surface area contributed by atoms with Gasteiger partial charge in [-0.1, -0.05) is 12.1 Å². The van der Waals surface area contributed by atoms with Crippen molar-refractivity contribution in [1.82, 2.24) is 14.5 Å². The SMILES string of the molecule is Nc1c(-c2ccc(NS(=O)(=O)C3CC3)cc2)n(CC2CC2)c2cc(Oc3ncccn3)ccc12. The van der Waals surface area contributed by atoms with Gasteiger partial charge in [-0.3, -0.25) is 4.72 Å². The minimum atomic E-state index is -3.30. The van der Waals surface area contributed by atoms with Crippen LogP contribution in [0.15, 0.2) is 60.9 Å². The van der Waals surface area contributed by atoms with E-state index in [0.29, 0.717) is 29.1 Å². The second kappa shape index (κ2) is 8.02. The number of nitrogen functional groups attached to an aromatic ring is 1. The molecule has 0 radical (unpaired) electrons. The van der Waals surface area contributed by atoms with Gasteiger partial charge in [0.15, 0.2) is 0 Å². The topological polar surface area (TPSA) is 112 Å². The molecule has 0 unspecified atom stereocenters. The number of fused-ring (bicyclic) bond motifs is 1. The summed E-state index contributed by atoms with van der Waals surface area (Å²) in [6.07, 6.45) is 7.15. The number of sulfonamides is 1. The fourth-order valence-corrected chi connectivity index (χ4v) is 5.63. The molecule has 6 rings (SSSR count). The lowest BCUT2D eigenvalue weighted by atomic mass is 10.1. The lowest BCUT2D eigenvalue weighted by Gasteiger charge is -2.13. The number of hydrogen-bond acceptors (Lipinski definition) is 6. The Kier molecular flexibility index (Phi) is 4.95. The number of nitrogens with one attached hydrogen (secondary N) is 1. The van der Waals surface area contributed by atoms with Gasteiger partial charge in [-0.15, -0.1) is 0 Å². The Morgan fingerprint density at radius 1 is 1.03 bits per heavy atom. The fraction of sp³-hybridized carbons (Fsp3) is 0.280. The first-order valence-electron chi connectivity index (χ1n) is 11.5. The van der Waals surface area contributed by atoms with E-state index in [9.17, 15) is 8.42 Å². The molecular weight excluding hydrogens is 450 g/mol. The van der Waals surface area contributed by atoms with E-state index in [4.69, 9.17) is 10.5 Å². The Balaban J connectivity index is 1.38. The zero-order chi connectivity index (χ0) is 23.3. The van der Waals surface area contributed by atoms with Crippen LogP contribution in [-0.4, -0.2) is 28.2 Å². The van der Waals surface area contributed by atoms with Crippen molar-refractivity contribution in [3.8, 4) is 23.0 Å². The van der Waals surface area contributed by atoms with Crippen LogP contribution in [0.4, 0.5) is 11.4 Å². The second-order valence-corrected chi connectivity index (χ2v) is 11.0. The Bertz CT molecular complexity index is 1460. The van der Waals surface area contributed by atoms with Gasteiger partial charge in [-0.2, -0.15) is 0 Å². The predicted octanol–water partition coefficient (Wildman–Crippen LogP) is 4.79. The first-order chi connectivity index (χ1) is 16.5. The van der Waals surface area contributed by atoms with E-state index in [1.807, 2.05) is 30.3 Å². The maximum atomic E-state index is 12.3. The molecule has 2 fully saturated rings. The molecule has 2 aliphatic rings. The van der Waals surface area contributed by atoms with Gasteiger partial charge >= 0.3 is 6.01 Å². The largest absolute Gasteiger partial charge is 0.424 e. The standard InChI is InChI=1S/C25H25N5O3S/c26-23-21-11-8-19(33-25-27-12-1-13-28-25)14-22(21)30(15-16-2-3-16)24(23)17-4-6-18(7-5-17)29-34(31,32)20-9-10-20/h1,4-8,11-14,16,20,29H,2-3,9-10,15,26H2. The molecular formula is C25H25N5O3S. The molecule has 0 aliphatic heterocycles. The van der Waals surface area contributed by atoms with Crippen LogP contribution in [-0.2, 0) is 16.6 Å². The lowest BCUT2D eigenvalue weighted by Crippen LogP contribution is -2.17. The third-order valence-electron chi connectivity index (χ3n) is 6.35. The van der Waals surface area contributed by atoms with Gasteiger partial charge in [-0.05, 0) is 61.9 Å². The molecule has 0 atom stereocenters. The van der Waals surface area contributed by atoms with E-state index < -0.39 is 10.0 Å². The Hall–Kier alpha value is -3.59. The van der Waals surface area contributed by atoms with Gasteiger partial charge < -0.3 is 15.0 Å². The van der Waals surface area contributed by atoms with Crippen LogP contribution in [0.3, 0.4) is 0 Å². The van der Waals surface area contributed by atoms with Gasteiger partial charge in [0.25, 0.3) is 0 Å². The average Bonchev–Trinajstić information content (AvgIpc) is 3.74. The van der Waals surface area contributed by atoms with Crippen molar-refractivity contribution in [2.24, 2.45) is 5.92 Å². The normalized spacial score (nSPS) is 16.0. The second-order valence-electron chi connectivity index (χ2n) is 9.05. The quantitative estimate of drug-likeness (QED) is 0.379. The monoisotopic (exact) mass is 475 g/mol. The fourth-order valence-electron chi connectivity index (χ4n) is 4.24. The molecule has 0 bridgehead atoms. The van der Waals surface area contributed by atoms with Crippen LogP contribution in [0.1, 0.15) is 25.7 Å². The summed E-state index contributed by atoms with van der Waals surface area (Å²) in [5.74, 6) is 1.27. The van der Waals surface area contributed by atoms with Crippen molar-refractivity contribution in [3.63, 3.8) is 0 Å². The third-order valence-corrected chi connectivity index (χ3v) is 8.22. The molecule has 2 heterocycles. The molecule has 2 aromatic carbocycles. The van der Waals surface area contributed by atoms with Crippen LogP contribution >= 0.6 is 0 Å². The van der Waals surface area contributed by atoms with E-state index in [-0.39, 0.29) is 5.25 Å². The van der Waals surface area contributed by atoms with Crippen molar-refractivity contribution < 1.29 is 13.2 Å². The van der Waals surface area contributed by atoms with Gasteiger partial charge in [0, 0.05) is 41.6 Å². The number of rotatable bonds is 8. The molecule has 2 aliphatic carbocycles. The highest BCUT2D eigenvalue weighted by atomic mass is 32.2. The van der Waals surface area contributed by atoms with Crippen molar-refractivity contribution >= 4 is 32.3 Å². The molecule has 8 nitrogen and oxygen atoms in total. The molecule has 4 aromatic rings. The Morgan fingerprint density at radius 3 is 2.44 bits per heavy atom. The van der Waals surface area contributed by atoms with Crippen LogP contribution in [0.2, 0.25) is 0 Å². The van der Waals surface area contributed by atoms with Crippen molar-refractivity contribution in [1.29, 1.82) is 0 Å². The molecule has 34 heavy (non-hydrogen) atoms. The number of benzene rings is 2. The van der Waals surface area contributed by atoms with Gasteiger partial charge in [0.2, 0.25) is 10.0 Å². The Morgan fingerprint density at radius 2 is 1.76 bits per heavy atom. The highest BCUT2D eigenvalue weighted by Gasteiger charge is 2.35. The number of nitrogens with zero attached hydrogens (tertiary/aromatic N) is 3. The molecule has 0 spiro atoms. The molecule has 2 saturated carbocycles. The number of hydrogen-bond donors (Lipinski definition) is 2. The Labute approximate surface area is 197 Å². The highest BCUT2D eigenvalue weighted by molar-refractivity contribution is 7.93. The summed E-state index contributed by atoms with van der Waals surface area (Å²) >= 11 is 0. The van der Waals surface area contributed by atoms with Crippen LogP contribution < -0.4 is 15.2 Å². The van der Waals surface area contributed by atoms with Gasteiger partial charge in [0.1, 0.15) is 5.75 Å². The van der Waals surface area contributed by atoms with E-state index in [1.54, 1.807) is 30.6 Å². The highest BCUT2D eigenvalue weighted by Crippen LogP contribution is 2.41. The maximum Gasteiger partial charge on any atom is 0.321 e. The molecule has 2 aromatic heterocycles. The molecule has 0 saturated heterocycles. The summed E-state index contributed by atoms with van der Waals surface area (Å²) in [7, 11) is -3.30. The summed E-state index contributed by atoms with van der Waals surface area (Å²) in [5.41, 5.74) is 10.8. The van der Waals surface area contributed by atoms with E-state index in [1.165, 1.54) is 12.8 Å². The van der Waals surface area contributed by atoms with Crippen LogP contribution in [0, 0.1) is 5.92 Å². The van der Waals surface area contributed by atoms with Crippen molar-refractivity contribution in [3.05, 3.63) is 60.9 Å². The molecule has 3 N–H and O–H groups in total. The smallest absolute Gasteiger partial charge is 0.321 e. The maximum absolute atomic E-state index is 12.3. The summed E-state index contributed by atoms with van der Waals surface area (Å²) in [4.78, 5) is 8.28. The van der Waals surface area contributed by atoms with Crippen molar-refractivity contribution in [2.45, 2.75) is 37.5 Å². The summed E-state index contributed by atoms with van der Waals surface area (Å²) < 4.78 is 35.4. The molecule has 174 valence electrons. The zero-order valence-corrected chi connectivity index (χ0v) is 19.3. The lowest BCUT2D eigenvalue weighted by molar-refractivity contribution is 0.442. The first kappa shape index (κ1) is 21.0. The number of anilines is 2. The minimum Gasteiger partial charge on any atom is -0.424 e. The van der Waals surface area contributed by atoms with E-state index >= 15 is 0 Å². The molecule has 9 heteroatoms. The van der Waals surface area contributed by atoms with Crippen LogP contribution in [0.25, 0.3) is 22.2 Å². The van der Waals surface area contributed by atoms with Gasteiger partial charge in [-0.25, -0.2) is 18.4 Å². The van der Waals surface area contributed by atoms with E-state index in [0.717, 1.165) is 41.5 Å². The van der Waals surface area contributed by atoms with Crippen LogP contribution in [0.5, 0.6) is 11.8 Å². The first-order valence-corrected chi connectivity index (χ1v) is 13.0. The van der Waals surface area contributed by atoms with Gasteiger partial charge in [0.05, 0.1) is 22.1 Å². The average molecular weight is 476 g/mol. The van der Waals surface area contributed by atoms with Crippen molar-refractivity contribution in [2.75, 3.05) is 10.5 Å². The molecule has 0 amide bonds. The summed E-state index contributed by atoms with van der Waals surface area (Å²) in [6.45, 7) is 0.865. The predicted molar refractivity (Wildman–Crippen MR) is 132 cm³/mol.